The molecule has 4 bridgehead atoms. The SMILES string of the molecule is C=CCc1cc(C(=O)NC2C3CN4CCN(C3)CC2(c2ccccc2)C4)ccc1OC.O=CO. The van der Waals surface area contributed by atoms with Gasteiger partial charge in [0, 0.05) is 62.2 Å². The molecule has 0 spiro atoms. The highest BCUT2D eigenvalue weighted by molar-refractivity contribution is 5.95. The maximum atomic E-state index is 13.4. The first-order valence-electron chi connectivity index (χ1n) is 11.7. The lowest BCUT2D eigenvalue weighted by Crippen LogP contribution is -2.70. The Labute approximate surface area is 201 Å². The Bertz CT molecular complexity index is 1010. The van der Waals surface area contributed by atoms with E-state index in [4.69, 9.17) is 14.6 Å². The standard InChI is InChI=1S/C26H31N3O2.CH2O2/c1-3-7-19-14-20(10-11-23(19)31-2)25(30)27-24-21-15-28-12-13-29(16-21)18-26(24,17-28)22-8-5-4-6-9-22;2-1-3/h3-6,8-11,14,21,24H,1,7,12-13,15-18H2,2H3,(H,27,30);1H,(H,2,3). The monoisotopic (exact) mass is 463 g/mol. The number of benzene rings is 2. The van der Waals surface area contributed by atoms with Gasteiger partial charge in [-0.25, -0.2) is 0 Å². The summed E-state index contributed by atoms with van der Waals surface area (Å²) in [6.07, 6.45) is 2.52. The molecular formula is C27H33N3O4. The second kappa shape index (κ2) is 10.4. The maximum absolute atomic E-state index is 13.4. The number of hydrogen-bond acceptors (Lipinski definition) is 5. The molecule has 4 aliphatic rings. The van der Waals surface area contributed by atoms with Gasteiger partial charge in [-0.3, -0.25) is 9.59 Å². The molecule has 0 saturated carbocycles. The van der Waals surface area contributed by atoms with Crippen LogP contribution in [0.2, 0.25) is 0 Å². The highest BCUT2D eigenvalue weighted by Crippen LogP contribution is 2.43. The van der Waals surface area contributed by atoms with Crippen LogP contribution in [0.15, 0.2) is 61.2 Å². The smallest absolute Gasteiger partial charge is 0.290 e. The molecule has 2 aromatic rings. The van der Waals surface area contributed by atoms with E-state index >= 15 is 0 Å². The van der Waals surface area contributed by atoms with Gasteiger partial charge in [-0.1, -0.05) is 36.4 Å². The Morgan fingerprint density at radius 3 is 2.41 bits per heavy atom. The summed E-state index contributed by atoms with van der Waals surface area (Å²) in [7, 11) is 1.66. The molecule has 2 N–H and O–H groups in total. The van der Waals surface area contributed by atoms with Crippen LogP contribution < -0.4 is 10.1 Å². The van der Waals surface area contributed by atoms with E-state index in [1.165, 1.54) is 5.56 Å². The van der Waals surface area contributed by atoms with Crippen LogP contribution in [0.25, 0.3) is 0 Å². The molecule has 2 aromatic carbocycles. The topological polar surface area (TPSA) is 82.1 Å². The Kier molecular flexibility index (Phi) is 7.34. The van der Waals surface area contributed by atoms with Gasteiger partial charge < -0.3 is 25.0 Å². The van der Waals surface area contributed by atoms with Crippen LogP contribution in [0, 0.1) is 5.92 Å². The molecule has 1 amide bonds. The van der Waals surface area contributed by atoms with E-state index in [0.717, 1.165) is 50.6 Å². The summed E-state index contributed by atoms with van der Waals surface area (Å²) in [4.78, 5) is 27.0. The zero-order valence-electron chi connectivity index (χ0n) is 19.7. The molecule has 4 fully saturated rings. The fraction of sp³-hybridized carbons (Fsp3) is 0.407. The number of piperidine rings is 2. The number of ether oxygens (including phenoxy) is 1. The predicted molar refractivity (Wildman–Crippen MR) is 131 cm³/mol. The van der Waals surface area contributed by atoms with Gasteiger partial charge in [-0.15, -0.1) is 6.58 Å². The number of fused-ring (bicyclic) bond motifs is 1. The van der Waals surface area contributed by atoms with Gasteiger partial charge in [0.25, 0.3) is 12.4 Å². The average molecular weight is 464 g/mol. The van der Waals surface area contributed by atoms with E-state index in [0.29, 0.717) is 17.9 Å². The van der Waals surface area contributed by atoms with E-state index in [-0.39, 0.29) is 23.8 Å². The van der Waals surface area contributed by atoms with Crippen molar-refractivity contribution in [3.8, 4) is 5.75 Å². The van der Waals surface area contributed by atoms with Crippen LogP contribution in [0.5, 0.6) is 5.75 Å². The third-order valence-corrected chi connectivity index (χ3v) is 7.34. The van der Waals surface area contributed by atoms with Crippen LogP contribution in [0.1, 0.15) is 21.5 Å². The lowest BCUT2D eigenvalue weighted by atomic mass is 9.64. The summed E-state index contributed by atoms with van der Waals surface area (Å²) in [6.45, 7) is 9.94. The quantitative estimate of drug-likeness (QED) is 0.506. The number of methoxy groups -OCH3 is 1. The summed E-state index contributed by atoms with van der Waals surface area (Å²) in [5.74, 6) is 1.23. The molecule has 0 aromatic heterocycles. The lowest BCUT2D eigenvalue weighted by Gasteiger charge is -2.55. The zero-order valence-corrected chi connectivity index (χ0v) is 19.7. The number of hydrogen-bond donors (Lipinski definition) is 2. The number of carbonyl (C=O) groups excluding carboxylic acids is 1. The number of amides is 1. The molecule has 7 heteroatoms. The fourth-order valence-electron chi connectivity index (χ4n) is 6.03. The molecule has 0 radical (unpaired) electrons. The van der Waals surface area contributed by atoms with Gasteiger partial charge in [-0.2, -0.15) is 0 Å². The fourth-order valence-corrected chi connectivity index (χ4v) is 6.03. The van der Waals surface area contributed by atoms with E-state index in [2.05, 4.69) is 52.0 Å². The summed E-state index contributed by atoms with van der Waals surface area (Å²) in [6, 6.07) is 16.6. The van der Waals surface area contributed by atoms with E-state index in [9.17, 15) is 4.79 Å². The molecule has 6 rings (SSSR count). The Hall–Kier alpha value is -3.16. The van der Waals surface area contributed by atoms with Crippen molar-refractivity contribution in [1.29, 1.82) is 0 Å². The van der Waals surface area contributed by atoms with Gasteiger partial charge in [0.15, 0.2) is 0 Å². The van der Waals surface area contributed by atoms with Crippen molar-refractivity contribution in [1.82, 2.24) is 15.1 Å². The second-order valence-electron chi connectivity index (χ2n) is 9.33. The van der Waals surface area contributed by atoms with Gasteiger partial charge >= 0.3 is 0 Å². The van der Waals surface area contributed by atoms with Crippen LogP contribution in [0.3, 0.4) is 0 Å². The highest BCUT2D eigenvalue weighted by atomic mass is 16.5. The number of carboxylic acid groups (broad SMARTS) is 1. The zero-order chi connectivity index (χ0) is 24.1. The lowest BCUT2D eigenvalue weighted by molar-refractivity contribution is -0.122. The average Bonchev–Trinajstić information content (AvgIpc) is 3.10. The van der Waals surface area contributed by atoms with Crippen molar-refractivity contribution in [3.63, 3.8) is 0 Å². The van der Waals surface area contributed by atoms with Crippen molar-refractivity contribution in [2.75, 3.05) is 46.4 Å². The van der Waals surface area contributed by atoms with Crippen molar-refractivity contribution in [2.24, 2.45) is 5.92 Å². The van der Waals surface area contributed by atoms with E-state index in [1.807, 2.05) is 24.3 Å². The Balaban J connectivity index is 0.000000868. The maximum Gasteiger partial charge on any atom is 0.290 e. The first kappa shape index (κ1) is 24.0. The molecule has 4 heterocycles. The molecule has 3 atom stereocenters. The molecule has 34 heavy (non-hydrogen) atoms. The molecule has 4 aliphatic heterocycles. The summed E-state index contributed by atoms with van der Waals surface area (Å²) < 4.78 is 5.46. The van der Waals surface area contributed by atoms with Crippen LogP contribution in [-0.4, -0.2) is 79.7 Å². The van der Waals surface area contributed by atoms with Gasteiger partial charge in [0.05, 0.1) is 7.11 Å². The first-order chi connectivity index (χ1) is 16.5. The number of allylic oxidation sites excluding steroid dienone is 1. The Morgan fingerprint density at radius 1 is 1.18 bits per heavy atom. The van der Waals surface area contributed by atoms with Crippen LogP contribution >= 0.6 is 0 Å². The normalized spacial score (nSPS) is 28.7. The van der Waals surface area contributed by atoms with E-state index < -0.39 is 0 Å². The Morgan fingerprint density at radius 2 is 1.82 bits per heavy atom. The largest absolute Gasteiger partial charge is 0.496 e. The van der Waals surface area contributed by atoms with E-state index in [1.54, 1.807) is 7.11 Å². The number of rotatable bonds is 6. The van der Waals surface area contributed by atoms with Crippen LogP contribution in [-0.2, 0) is 16.6 Å². The van der Waals surface area contributed by atoms with Crippen molar-refractivity contribution < 1.29 is 19.4 Å². The molecule has 7 nitrogen and oxygen atoms in total. The van der Waals surface area contributed by atoms with Crippen molar-refractivity contribution >= 4 is 12.4 Å². The van der Waals surface area contributed by atoms with Gasteiger partial charge in [-0.05, 0) is 35.7 Å². The summed E-state index contributed by atoms with van der Waals surface area (Å²) >= 11 is 0. The molecule has 3 unspecified atom stereocenters. The summed E-state index contributed by atoms with van der Waals surface area (Å²) in [5, 5.41) is 10.4. The number of carbonyl (C=O) groups is 2. The van der Waals surface area contributed by atoms with Crippen LogP contribution in [0.4, 0.5) is 0 Å². The molecule has 4 saturated heterocycles. The highest BCUT2D eigenvalue weighted by Gasteiger charge is 2.55. The van der Waals surface area contributed by atoms with Crippen molar-refractivity contribution in [3.05, 3.63) is 77.9 Å². The predicted octanol–water partition coefficient (Wildman–Crippen LogP) is 2.42. The minimum atomic E-state index is -0.250. The second-order valence-corrected chi connectivity index (χ2v) is 9.33. The molecule has 0 aliphatic carbocycles. The third-order valence-electron chi connectivity index (χ3n) is 7.34. The minimum Gasteiger partial charge on any atom is -0.496 e. The van der Waals surface area contributed by atoms with Crippen molar-refractivity contribution in [2.45, 2.75) is 17.9 Å². The number of nitrogens with zero attached hydrogens (tertiary/aromatic N) is 2. The third kappa shape index (κ3) is 4.58. The summed E-state index contributed by atoms with van der Waals surface area (Å²) in [5.41, 5.74) is 2.93. The van der Waals surface area contributed by atoms with Gasteiger partial charge in [0.2, 0.25) is 0 Å². The number of nitrogens with one attached hydrogen (secondary N) is 1. The molecular weight excluding hydrogens is 430 g/mol. The van der Waals surface area contributed by atoms with Gasteiger partial charge in [0.1, 0.15) is 5.75 Å². The first-order valence-corrected chi connectivity index (χ1v) is 11.7. The minimum absolute atomic E-state index is 0.00409. The molecule has 180 valence electrons.